The Balaban J connectivity index is 1.38. The third-order valence-electron chi connectivity index (χ3n) is 8.19. The van der Waals surface area contributed by atoms with E-state index in [0.717, 1.165) is 19.4 Å². The van der Waals surface area contributed by atoms with Gasteiger partial charge >= 0.3 is 23.5 Å². The second-order valence-electron chi connectivity index (χ2n) is 12.0. The summed E-state index contributed by atoms with van der Waals surface area (Å²) in [5, 5.41) is 24.6. The van der Waals surface area contributed by atoms with Crippen molar-refractivity contribution in [1.29, 1.82) is 0 Å². The molecule has 3 rings (SSSR count). The lowest BCUT2D eigenvalue weighted by Gasteiger charge is -2.20. The molecule has 2 aliphatic rings. The molecule has 7 atom stereocenters. The third kappa shape index (κ3) is 13.9. The van der Waals surface area contributed by atoms with Crippen molar-refractivity contribution in [2.24, 2.45) is 15.7 Å². The largest absolute Gasteiger partial charge is 0.490 e. The highest BCUT2D eigenvalue weighted by atomic mass is 31.3. The topological polar surface area (TPSA) is 279 Å². The van der Waals surface area contributed by atoms with E-state index in [1.165, 1.54) is 75.7 Å². The van der Waals surface area contributed by atoms with Crippen molar-refractivity contribution >= 4 is 41.8 Å². The molecule has 2 heterocycles. The van der Waals surface area contributed by atoms with Gasteiger partial charge in [0.15, 0.2) is 12.0 Å². The molecular weight excluding hydrogens is 709 g/mol. The van der Waals surface area contributed by atoms with Crippen molar-refractivity contribution in [2.75, 3.05) is 26.8 Å². The highest BCUT2D eigenvalue weighted by Crippen LogP contribution is 2.67. The maximum atomic E-state index is 12.4. The Hall–Kier alpha value is -1.40. The SMILES string of the molecule is C=Nc1c(C(N)=NC)ncn1[C@@H]1O[C@H](COP(=O)(O)OP(=O)(O)OP(=O)(O)OCCCCCCNC2CCCCCCCCC2)C(O)C1O. The summed E-state index contributed by atoms with van der Waals surface area (Å²) in [5.41, 5.74) is 5.90. The number of amidine groups is 1. The van der Waals surface area contributed by atoms with Crippen LogP contribution in [0.5, 0.6) is 0 Å². The van der Waals surface area contributed by atoms with E-state index in [1.807, 2.05) is 0 Å². The number of imidazole rings is 1. The van der Waals surface area contributed by atoms with Gasteiger partial charge in [-0.15, -0.1) is 0 Å². The van der Waals surface area contributed by atoms with Gasteiger partial charge in [-0.25, -0.2) is 23.7 Å². The second kappa shape index (κ2) is 20.0. The summed E-state index contributed by atoms with van der Waals surface area (Å²) in [5.74, 6) is 0.0503. The summed E-state index contributed by atoms with van der Waals surface area (Å²) in [6.07, 6.45) is 9.25. The number of phosphoric ester groups is 2. The van der Waals surface area contributed by atoms with Gasteiger partial charge in [0, 0.05) is 13.1 Å². The lowest BCUT2D eigenvalue weighted by Crippen LogP contribution is -2.33. The molecular formula is C27H51N6O13P3. The molecule has 8 N–H and O–H groups in total. The zero-order valence-electron chi connectivity index (χ0n) is 27.7. The van der Waals surface area contributed by atoms with Gasteiger partial charge in [0.25, 0.3) is 0 Å². The number of aliphatic hydroxyl groups is 2. The van der Waals surface area contributed by atoms with Gasteiger partial charge in [-0.05, 0) is 38.9 Å². The van der Waals surface area contributed by atoms with E-state index in [9.17, 15) is 38.6 Å². The number of phosphoric acid groups is 3. The fourth-order valence-corrected chi connectivity index (χ4v) is 9.20. The predicted molar refractivity (Wildman–Crippen MR) is 179 cm³/mol. The molecule has 1 aliphatic heterocycles. The molecule has 2 fully saturated rings. The highest BCUT2D eigenvalue weighted by molar-refractivity contribution is 7.66. The maximum absolute atomic E-state index is 12.4. The van der Waals surface area contributed by atoms with Crippen LogP contribution < -0.4 is 11.1 Å². The molecule has 0 bridgehead atoms. The van der Waals surface area contributed by atoms with Crippen LogP contribution in [0.3, 0.4) is 0 Å². The Morgan fingerprint density at radius 3 is 2.16 bits per heavy atom. The molecule has 19 nitrogen and oxygen atoms in total. The van der Waals surface area contributed by atoms with E-state index >= 15 is 0 Å². The first-order valence-corrected chi connectivity index (χ1v) is 20.9. The van der Waals surface area contributed by atoms with Crippen molar-refractivity contribution in [2.45, 2.75) is 114 Å². The van der Waals surface area contributed by atoms with Crippen LogP contribution in [0.1, 0.15) is 95.4 Å². The minimum absolute atomic E-state index is 0.00455. The smallest absolute Gasteiger partial charge is 0.387 e. The predicted octanol–water partition coefficient (Wildman–Crippen LogP) is 3.58. The molecule has 0 spiro atoms. The Kier molecular flexibility index (Phi) is 17.2. The average molecular weight is 761 g/mol. The lowest BCUT2D eigenvalue weighted by molar-refractivity contribution is -0.0511. The Bertz CT molecular complexity index is 1360. The van der Waals surface area contributed by atoms with Gasteiger partial charge in [-0.2, -0.15) is 8.62 Å². The minimum Gasteiger partial charge on any atom is -0.387 e. The molecule has 0 radical (unpaired) electrons. The lowest BCUT2D eigenvalue weighted by atomic mass is 9.97. The first kappa shape index (κ1) is 42.0. The Morgan fingerprint density at radius 2 is 1.55 bits per heavy atom. The van der Waals surface area contributed by atoms with Crippen molar-refractivity contribution < 1.29 is 61.0 Å². The van der Waals surface area contributed by atoms with E-state index in [4.69, 9.17) is 15.0 Å². The number of rotatable bonds is 19. The van der Waals surface area contributed by atoms with Gasteiger partial charge in [-0.1, -0.05) is 57.8 Å². The minimum atomic E-state index is -5.69. The summed E-state index contributed by atoms with van der Waals surface area (Å²) in [6.45, 7) is 3.07. The summed E-state index contributed by atoms with van der Waals surface area (Å²) in [7, 11) is -14.9. The van der Waals surface area contributed by atoms with Crippen molar-refractivity contribution in [3.63, 3.8) is 0 Å². The van der Waals surface area contributed by atoms with Gasteiger partial charge in [0.05, 0.1) is 19.5 Å². The number of aromatic nitrogens is 2. The molecule has 0 amide bonds. The fraction of sp³-hybridized carbons (Fsp3) is 0.815. The first-order chi connectivity index (χ1) is 23.2. The molecule has 5 unspecified atom stereocenters. The molecule has 1 saturated heterocycles. The molecule has 0 aromatic carbocycles. The molecule has 1 aromatic rings. The number of aliphatic imine (C=N–C) groups is 2. The van der Waals surface area contributed by atoms with E-state index in [-0.39, 0.29) is 24.0 Å². The van der Waals surface area contributed by atoms with Crippen LogP contribution in [-0.2, 0) is 36.1 Å². The zero-order valence-corrected chi connectivity index (χ0v) is 30.4. The fourth-order valence-electron chi connectivity index (χ4n) is 5.65. The molecule has 1 saturated carbocycles. The normalized spacial score (nSPS) is 26.9. The summed E-state index contributed by atoms with van der Waals surface area (Å²) in [6, 6.07) is 0.533. The number of nitrogens with one attached hydrogen (secondary N) is 1. The zero-order chi connectivity index (χ0) is 36.1. The highest BCUT2D eigenvalue weighted by Gasteiger charge is 2.47. The van der Waals surface area contributed by atoms with E-state index < -0.39 is 54.6 Å². The first-order valence-electron chi connectivity index (χ1n) is 16.4. The molecule has 22 heteroatoms. The summed E-state index contributed by atoms with van der Waals surface area (Å²) >= 11 is 0. The molecule has 1 aliphatic carbocycles. The number of aliphatic hydroxyl groups excluding tert-OH is 2. The van der Waals surface area contributed by atoms with Gasteiger partial charge in [0.2, 0.25) is 0 Å². The number of hydrogen-bond donors (Lipinski definition) is 7. The van der Waals surface area contributed by atoms with E-state index in [0.29, 0.717) is 18.9 Å². The number of nitrogens with zero attached hydrogens (tertiary/aromatic N) is 4. The van der Waals surface area contributed by atoms with Crippen molar-refractivity contribution in [1.82, 2.24) is 14.9 Å². The third-order valence-corrected chi connectivity index (χ3v) is 12.5. The summed E-state index contributed by atoms with van der Waals surface area (Å²) in [4.78, 5) is 41.4. The van der Waals surface area contributed by atoms with E-state index in [1.54, 1.807) is 0 Å². The number of nitrogens with two attached hydrogens (primary N) is 1. The Labute approximate surface area is 286 Å². The van der Waals surface area contributed by atoms with Crippen LogP contribution in [0.2, 0.25) is 0 Å². The van der Waals surface area contributed by atoms with Gasteiger partial charge in [0.1, 0.15) is 29.8 Å². The van der Waals surface area contributed by atoms with Gasteiger partial charge < -0.3 is 40.7 Å². The molecule has 282 valence electrons. The van der Waals surface area contributed by atoms with Crippen LogP contribution in [0.4, 0.5) is 5.82 Å². The van der Waals surface area contributed by atoms with Crippen molar-refractivity contribution in [3.8, 4) is 0 Å². The summed E-state index contributed by atoms with van der Waals surface area (Å²) < 4.78 is 61.3. The molecule has 1 aromatic heterocycles. The number of hydrogen-bond acceptors (Lipinski definition) is 14. The Morgan fingerprint density at radius 1 is 0.959 bits per heavy atom. The average Bonchev–Trinajstić information content (AvgIpc) is 3.58. The van der Waals surface area contributed by atoms with E-state index in [2.05, 4.69) is 40.1 Å². The van der Waals surface area contributed by atoms with Crippen LogP contribution in [0.25, 0.3) is 0 Å². The van der Waals surface area contributed by atoms with Crippen molar-refractivity contribution in [3.05, 3.63) is 12.0 Å². The van der Waals surface area contributed by atoms with Gasteiger partial charge in [-0.3, -0.25) is 18.6 Å². The quantitative estimate of drug-likeness (QED) is 0.0459. The standard InChI is InChI=1S/C27H51N6O13P3/c1-29-25(28)22-26(30-2)33(19-32-22)27-24(35)23(34)21(44-27)18-43-48(38,39)46-49(40,41)45-47(36,37)42-17-13-9-8-12-16-31-20-14-10-6-4-3-5-7-11-15-20/h19-21,23-24,27,31,34-35H,2-18H2,1H3,(H2,28,29)(H,36,37)(H,38,39)(H,40,41)/t21-,23?,24?,27-/m1/s1. The van der Waals surface area contributed by atoms with Crippen LogP contribution in [0, 0.1) is 0 Å². The van der Waals surface area contributed by atoms with Crippen LogP contribution in [0.15, 0.2) is 16.3 Å². The number of unbranched alkanes of at least 4 members (excludes halogenated alkanes) is 3. The van der Waals surface area contributed by atoms with Crippen LogP contribution >= 0.6 is 23.5 Å². The number of ether oxygens (including phenoxy) is 1. The van der Waals surface area contributed by atoms with Crippen LogP contribution in [-0.4, -0.2) is 98.2 Å². The second-order valence-corrected chi connectivity index (χ2v) is 16.6. The molecule has 49 heavy (non-hydrogen) atoms. The maximum Gasteiger partial charge on any atom is 0.490 e. The monoisotopic (exact) mass is 760 g/mol.